The van der Waals surface area contributed by atoms with Crippen LogP contribution >= 0.6 is 0 Å². The Morgan fingerprint density at radius 1 is 1.32 bits per heavy atom. The molecule has 2 heterocycles. The molecule has 1 aliphatic rings. The van der Waals surface area contributed by atoms with Crippen LogP contribution in [-0.4, -0.2) is 53.2 Å². The van der Waals surface area contributed by atoms with E-state index in [9.17, 15) is 13.2 Å². The van der Waals surface area contributed by atoms with Crippen LogP contribution in [0.4, 0.5) is 13.2 Å². The highest BCUT2D eigenvalue weighted by molar-refractivity contribution is 5.25. The highest BCUT2D eigenvalue weighted by atomic mass is 19.4. The van der Waals surface area contributed by atoms with E-state index in [0.29, 0.717) is 30.6 Å². The maximum atomic E-state index is 12.9. The number of piperidine rings is 1. The average molecular weight is 396 g/mol. The lowest BCUT2D eigenvalue weighted by Crippen LogP contribution is -2.40. The number of nitrogens with zero attached hydrogens (tertiary/aromatic N) is 4. The van der Waals surface area contributed by atoms with E-state index in [-0.39, 0.29) is 0 Å². The summed E-state index contributed by atoms with van der Waals surface area (Å²) in [7, 11) is 2.04. The Morgan fingerprint density at radius 2 is 2.14 bits per heavy atom. The number of benzene rings is 1. The molecule has 1 aromatic carbocycles. The summed E-state index contributed by atoms with van der Waals surface area (Å²) in [4.78, 5) is 8.78. The van der Waals surface area contributed by atoms with Crippen LogP contribution < -0.4 is 0 Å². The molecule has 1 fully saturated rings. The Morgan fingerprint density at radius 3 is 2.86 bits per heavy atom. The van der Waals surface area contributed by atoms with Crippen LogP contribution in [0.2, 0.25) is 0 Å². The third-order valence-electron chi connectivity index (χ3n) is 5.12. The largest absolute Gasteiger partial charge is 0.416 e. The summed E-state index contributed by atoms with van der Waals surface area (Å²) in [6.07, 6.45) is -1.38. The molecule has 1 aromatic heterocycles. The molecule has 0 amide bonds. The lowest BCUT2D eigenvalue weighted by atomic mass is 9.97. The Bertz CT molecular complexity index is 762. The third kappa shape index (κ3) is 6.04. The molecule has 28 heavy (non-hydrogen) atoms. The first-order chi connectivity index (χ1) is 13.3. The SMILES string of the molecule is Cc1noc(CN(C)C[C@H]2CCCN(CCc3cccc(C(F)(F)F)c3)C2)n1. The summed E-state index contributed by atoms with van der Waals surface area (Å²) < 4.78 is 43.8. The standard InChI is InChI=1S/C20H27F3N4O/c1-15-24-19(28-25-15)14-26(2)12-17-6-4-9-27(13-17)10-8-16-5-3-7-18(11-16)20(21,22)23/h3,5,7,11,17H,4,6,8-10,12-14H2,1-2H3/t17-/m1/s1. The molecule has 1 atom stereocenters. The van der Waals surface area contributed by atoms with Crippen molar-refractivity contribution in [1.82, 2.24) is 19.9 Å². The van der Waals surface area contributed by atoms with E-state index in [1.807, 2.05) is 7.05 Å². The molecule has 0 aliphatic carbocycles. The van der Waals surface area contributed by atoms with Crippen molar-refractivity contribution in [2.24, 2.45) is 5.92 Å². The van der Waals surface area contributed by atoms with E-state index in [1.165, 1.54) is 12.1 Å². The van der Waals surface area contributed by atoms with Crippen molar-refractivity contribution >= 4 is 0 Å². The van der Waals surface area contributed by atoms with Gasteiger partial charge >= 0.3 is 6.18 Å². The van der Waals surface area contributed by atoms with Gasteiger partial charge in [-0.3, -0.25) is 4.90 Å². The zero-order chi connectivity index (χ0) is 20.1. The van der Waals surface area contributed by atoms with E-state index in [0.717, 1.165) is 50.7 Å². The van der Waals surface area contributed by atoms with E-state index < -0.39 is 11.7 Å². The molecule has 2 aromatic rings. The van der Waals surface area contributed by atoms with Crippen molar-refractivity contribution in [3.63, 3.8) is 0 Å². The first kappa shape index (κ1) is 20.8. The van der Waals surface area contributed by atoms with Gasteiger partial charge < -0.3 is 9.42 Å². The molecule has 0 bridgehead atoms. The van der Waals surface area contributed by atoms with E-state index in [1.54, 1.807) is 13.0 Å². The second-order valence-corrected chi connectivity index (χ2v) is 7.69. The van der Waals surface area contributed by atoms with Crippen LogP contribution in [0.1, 0.15) is 35.7 Å². The number of aryl methyl sites for hydroxylation is 1. The van der Waals surface area contributed by atoms with E-state index >= 15 is 0 Å². The first-order valence-corrected chi connectivity index (χ1v) is 9.66. The highest BCUT2D eigenvalue weighted by Gasteiger charge is 2.30. The van der Waals surface area contributed by atoms with Gasteiger partial charge in [0.2, 0.25) is 5.89 Å². The van der Waals surface area contributed by atoms with Crippen molar-refractivity contribution in [2.45, 2.75) is 38.9 Å². The summed E-state index contributed by atoms with van der Waals surface area (Å²) in [6.45, 7) is 6.11. The van der Waals surface area contributed by atoms with Gasteiger partial charge in [-0.15, -0.1) is 0 Å². The number of hydrogen-bond donors (Lipinski definition) is 0. The van der Waals surface area contributed by atoms with Gasteiger partial charge in [0, 0.05) is 19.6 Å². The molecule has 154 valence electrons. The van der Waals surface area contributed by atoms with Gasteiger partial charge in [-0.1, -0.05) is 23.4 Å². The fraction of sp³-hybridized carbons (Fsp3) is 0.600. The predicted octanol–water partition coefficient (Wildman–Crippen LogP) is 3.78. The molecular formula is C20H27F3N4O. The fourth-order valence-corrected chi connectivity index (χ4v) is 3.83. The molecule has 1 aliphatic heterocycles. The van der Waals surface area contributed by atoms with Gasteiger partial charge in [0.05, 0.1) is 12.1 Å². The number of likely N-dealkylation sites (tertiary alicyclic amines) is 1. The van der Waals surface area contributed by atoms with Crippen LogP contribution in [0.3, 0.4) is 0 Å². The number of hydrogen-bond acceptors (Lipinski definition) is 5. The van der Waals surface area contributed by atoms with Crippen LogP contribution in [-0.2, 0) is 19.1 Å². The second kappa shape index (κ2) is 9.05. The third-order valence-corrected chi connectivity index (χ3v) is 5.12. The molecule has 0 spiro atoms. The monoisotopic (exact) mass is 396 g/mol. The second-order valence-electron chi connectivity index (χ2n) is 7.69. The minimum Gasteiger partial charge on any atom is -0.338 e. The lowest BCUT2D eigenvalue weighted by Gasteiger charge is -2.34. The molecule has 8 heteroatoms. The van der Waals surface area contributed by atoms with Crippen LogP contribution in [0.25, 0.3) is 0 Å². The molecule has 0 saturated carbocycles. The zero-order valence-corrected chi connectivity index (χ0v) is 16.4. The topological polar surface area (TPSA) is 45.4 Å². The van der Waals surface area contributed by atoms with Gasteiger partial charge in [-0.2, -0.15) is 18.2 Å². The van der Waals surface area contributed by atoms with Gasteiger partial charge in [0.1, 0.15) is 0 Å². The summed E-state index contributed by atoms with van der Waals surface area (Å²) in [5.74, 6) is 1.79. The lowest BCUT2D eigenvalue weighted by molar-refractivity contribution is -0.137. The Labute approximate surface area is 163 Å². The quantitative estimate of drug-likeness (QED) is 0.713. The van der Waals surface area contributed by atoms with Gasteiger partial charge in [-0.05, 0) is 57.3 Å². The number of aromatic nitrogens is 2. The maximum absolute atomic E-state index is 12.9. The molecule has 5 nitrogen and oxygen atoms in total. The van der Waals surface area contributed by atoms with Crippen molar-refractivity contribution < 1.29 is 17.7 Å². The molecular weight excluding hydrogens is 369 g/mol. The zero-order valence-electron chi connectivity index (χ0n) is 16.4. The van der Waals surface area contributed by atoms with Gasteiger partial charge in [-0.25, -0.2) is 0 Å². The Hall–Kier alpha value is -1.93. The molecule has 0 N–H and O–H groups in total. The summed E-state index contributed by atoms with van der Waals surface area (Å²) >= 11 is 0. The normalized spacial score (nSPS) is 18.7. The maximum Gasteiger partial charge on any atom is 0.416 e. The van der Waals surface area contributed by atoms with E-state index in [4.69, 9.17) is 4.52 Å². The summed E-state index contributed by atoms with van der Waals surface area (Å²) in [5.41, 5.74) is 0.167. The average Bonchev–Trinajstić information content (AvgIpc) is 3.04. The number of alkyl halides is 3. The summed E-state index contributed by atoms with van der Waals surface area (Å²) in [5, 5.41) is 3.81. The Kier molecular flexibility index (Phi) is 6.72. The van der Waals surface area contributed by atoms with Crippen molar-refractivity contribution in [2.75, 3.05) is 33.2 Å². The molecule has 3 rings (SSSR count). The minimum atomic E-state index is -4.28. The minimum absolute atomic E-state index is 0.532. The van der Waals surface area contributed by atoms with Gasteiger partial charge in [0.15, 0.2) is 5.82 Å². The van der Waals surface area contributed by atoms with Gasteiger partial charge in [0.25, 0.3) is 0 Å². The van der Waals surface area contributed by atoms with Crippen LogP contribution in [0.5, 0.6) is 0 Å². The smallest absolute Gasteiger partial charge is 0.338 e. The Balaban J connectivity index is 1.47. The number of halogens is 3. The van der Waals surface area contributed by atoms with Crippen molar-refractivity contribution in [3.8, 4) is 0 Å². The molecule has 0 unspecified atom stereocenters. The first-order valence-electron chi connectivity index (χ1n) is 9.66. The molecule has 1 saturated heterocycles. The number of rotatable bonds is 7. The predicted molar refractivity (Wildman–Crippen MR) is 99.7 cm³/mol. The molecule has 0 radical (unpaired) electrons. The highest BCUT2D eigenvalue weighted by Crippen LogP contribution is 2.29. The van der Waals surface area contributed by atoms with Crippen molar-refractivity contribution in [1.29, 1.82) is 0 Å². The van der Waals surface area contributed by atoms with E-state index in [2.05, 4.69) is 19.9 Å². The van der Waals surface area contributed by atoms with Crippen molar-refractivity contribution in [3.05, 3.63) is 47.1 Å². The van der Waals surface area contributed by atoms with Crippen LogP contribution in [0.15, 0.2) is 28.8 Å². The van der Waals surface area contributed by atoms with Crippen LogP contribution in [0, 0.1) is 12.8 Å². The fourth-order valence-electron chi connectivity index (χ4n) is 3.83. The summed E-state index contributed by atoms with van der Waals surface area (Å²) in [6, 6.07) is 5.66.